The van der Waals surface area contributed by atoms with Gasteiger partial charge in [0.25, 0.3) is 0 Å². The van der Waals surface area contributed by atoms with Gasteiger partial charge in [-0.05, 0) is 25.3 Å². The Morgan fingerprint density at radius 2 is 2.25 bits per heavy atom. The third-order valence-electron chi connectivity index (χ3n) is 2.72. The Hall–Kier alpha value is -1.35. The molecule has 0 amide bonds. The lowest BCUT2D eigenvalue weighted by molar-refractivity contribution is 0.0722. The van der Waals surface area contributed by atoms with Crippen LogP contribution in [0.15, 0.2) is 35.5 Å². The molecule has 16 heavy (non-hydrogen) atoms. The van der Waals surface area contributed by atoms with E-state index < -0.39 is 0 Å². The summed E-state index contributed by atoms with van der Waals surface area (Å²) in [6.07, 6.45) is 3.88. The van der Waals surface area contributed by atoms with Crippen LogP contribution in [0.3, 0.4) is 0 Å². The number of nitrogens with zero attached hydrogens (tertiary/aromatic N) is 1. The summed E-state index contributed by atoms with van der Waals surface area (Å²) in [4.78, 5) is 5.24. The van der Waals surface area contributed by atoms with Gasteiger partial charge in [0.05, 0.1) is 6.21 Å². The zero-order valence-corrected chi connectivity index (χ0v) is 9.56. The number of rotatable bonds is 4. The molecule has 86 valence electrons. The van der Waals surface area contributed by atoms with Crippen LogP contribution in [0.4, 0.5) is 0 Å². The number of benzene rings is 1. The second kappa shape index (κ2) is 5.12. The van der Waals surface area contributed by atoms with E-state index in [9.17, 15) is 0 Å². The second-order valence-electron chi connectivity index (χ2n) is 4.26. The average Bonchev–Trinajstić information content (AvgIpc) is 2.74. The Labute approximate surface area is 96.1 Å². The van der Waals surface area contributed by atoms with E-state index in [-0.39, 0.29) is 5.60 Å². The molecule has 1 saturated heterocycles. The van der Waals surface area contributed by atoms with Crippen molar-refractivity contribution in [3.8, 4) is 0 Å². The van der Waals surface area contributed by atoms with Crippen molar-refractivity contribution in [1.29, 1.82) is 0 Å². The van der Waals surface area contributed by atoms with Crippen LogP contribution in [-0.4, -0.2) is 18.4 Å². The lowest BCUT2D eigenvalue weighted by Crippen LogP contribution is -2.24. The van der Waals surface area contributed by atoms with Crippen LogP contribution in [0, 0.1) is 0 Å². The van der Waals surface area contributed by atoms with Crippen molar-refractivity contribution in [2.75, 3.05) is 6.61 Å². The molecule has 2 rings (SSSR count). The number of hydrogen-bond acceptors (Lipinski definition) is 3. The van der Waals surface area contributed by atoms with Gasteiger partial charge in [0, 0.05) is 6.61 Å². The van der Waals surface area contributed by atoms with Crippen LogP contribution in [-0.2, 0) is 16.2 Å². The van der Waals surface area contributed by atoms with Crippen LogP contribution in [0.2, 0.25) is 0 Å². The van der Waals surface area contributed by atoms with Gasteiger partial charge in [0.15, 0.2) is 0 Å². The molecule has 1 heterocycles. The van der Waals surface area contributed by atoms with Gasteiger partial charge < -0.3 is 9.57 Å². The van der Waals surface area contributed by atoms with E-state index in [1.54, 1.807) is 6.21 Å². The van der Waals surface area contributed by atoms with Gasteiger partial charge in [-0.2, -0.15) is 0 Å². The third-order valence-corrected chi connectivity index (χ3v) is 2.72. The molecule has 1 fully saturated rings. The maximum absolute atomic E-state index is 5.56. The van der Waals surface area contributed by atoms with E-state index in [0.29, 0.717) is 6.61 Å². The summed E-state index contributed by atoms with van der Waals surface area (Å²) in [7, 11) is 0. The van der Waals surface area contributed by atoms with Gasteiger partial charge in [0.1, 0.15) is 12.2 Å². The minimum atomic E-state index is -0.226. The molecule has 1 aliphatic rings. The minimum Gasteiger partial charge on any atom is -0.391 e. The third kappa shape index (κ3) is 3.07. The first-order chi connectivity index (χ1) is 7.79. The lowest BCUT2D eigenvalue weighted by atomic mass is 10.1. The van der Waals surface area contributed by atoms with Gasteiger partial charge in [-0.3, -0.25) is 0 Å². The van der Waals surface area contributed by atoms with Crippen molar-refractivity contribution < 1.29 is 9.57 Å². The average molecular weight is 219 g/mol. The molecule has 1 aromatic rings. The molecule has 1 atom stereocenters. The molecule has 0 aliphatic carbocycles. The van der Waals surface area contributed by atoms with Crippen LogP contribution < -0.4 is 0 Å². The molecule has 0 radical (unpaired) electrons. The first-order valence-corrected chi connectivity index (χ1v) is 5.63. The summed E-state index contributed by atoms with van der Waals surface area (Å²) < 4.78 is 5.56. The van der Waals surface area contributed by atoms with Crippen LogP contribution >= 0.6 is 0 Å². The highest BCUT2D eigenvalue weighted by Crippen LogP contribution is 2.22. The van der Waals surface area contributed by atoms with E-state index in [2.05, 4.69) is 5.16 Å². The van der Waals surface area contributed by atoms with Crippen LogP contribution in [0.25, 0.3) is 0 Å². The van der Waals surface area contributed by atoms with Crippen molar-refractivity contribution >= 4 is 6.21 Å². The van der Waals surface area contributed by atoms with Crippen LogP contribution in [0.1, 0.15) is 25.3 Å². The highest BCUT2D eigenvalue weighted by atomic mass is 16.6. The van der Waals surface area contributed by atoms with E-state index in [1.165, 1.54) is 0 Å². The van der Waals surface area contributed by atoms with Crippen molar-refractivity contribution in [3.63, 3.8) is 0 Å². The van der Waals surface area contributed by atoms with Gasteiger partial charge in [-0.25, -0.2) is 0 Å². The molecular weight excluding hydrogens is 202 g/mol. The SMILES string of the molecule is CC1(/C=N/OCc2ccccc2)CCCO1. The fraction of sp³-hybridized carbons (Fsp3) is 0.462. The molecule has 0 saturated carbocycles. The normalized spacial score (nSPS) is 25.1. The first kappa shape index (κ1) is 11.1. The van der Waals surface area contributed by atoms with E-state index in [0.717, 1.165) is 25.0 Å². The molecule has 0 spiro atoms. The zero-order valence-electron chi connectivity index (χ0n) is 9.56. The monoisotopic (exact) mass is 219 g/mol. The van der Waals surface area contributed by atoms with Gasteiger partial charge in [0.2, 0.25) is 0 Å². The van der Waals surface area contributed by atoms with Crippen LogP contribution in [0.5, 0.6) is 0 Å². The fourth-order valence-corrected chi connectivity index (χ4v) is 1.74. The molecule has 0 N–H and O–H groups in total. The topological polar surface area (TPSA) is 30.8 Å². The van der Waals surface area contributed by atoms with Gasteiger partial charge >= 0.3 is 0 Å². The van der Waals surface area contributed by atoms with Crippen molar-refractivity contribution in [1.82, 2.24) is 0 Å². The van der Waals surface area contributed by atoms with Crippen molar-refractivity contribution in [2.45, 2.75) is 32.0 Å². The second-order valence-corrected chi connectivity index (χ2v) is 4.26. The summed E-state index contributed by atoms with van der Waals surface area (Å²) in [6.45, 7) is 3.37. The smallest absolute Gasteiger partial charge is 0.142 e. The quantitative estimate of drug-likeness (QED) is 0.576. The molecular formula is C13H17NO2. The summed E-state index contributed by atoms with van der Waals surface area (Å²) in [5.74, 6) is 0. The predicted molar refractivity (Wildman–Crippen MR) is 63.3 cm³/mol. The maximum atomic E-state index is 5.56. The number of hydrogen-bond donors (Lipinski definition) is 0. The zero-order chi connectivity index (χ0) is 11.3. The van der Waals surface area contributed by atoms with E-state index in [1.807, 2.05) is 37.3 Å². The van der Waals surface area contributed by atoms with Gasteiger partial charge in [-0.15, -0.1) is 0 Å². The molecule has 1 aromatic carbocycles. The van der Waals surface area contributed by atoms with E-state index in [4.69, 9.17) is 9.57 Å². The predicted octanol–water partition coefficient (Wildman–Crippen LogP) is 2.76. The van der Waals surface area contributed by atoms with E-state index >= 15 is 0 Å². The Bertz CT molecular complexity index is 342. The Balaban J connectivity index is 1.77. The Kier molecular flexibility index (Phi) is 3.57. The maximum Gasteiger partial charge on any atom is 0.142 e. The molecule has 0 bridgehead atoms. The number of oxime groups is 1. The van der Waals surface area contributed by atoms with Crippen molar-refractivity contribution in [3.05, 3.63) is 35.9 Å². The lowest BCUT2D eigenvalue weighted by Gasteiger charge is -2.15. The summed E-state index contributed by atoms with van der Waals surface area (Å²) in [5.41, 5.74) is 0.897. The Morgan fingerprint density at radius 1 is 1.44 bits per heavy atom. The first-order valence-electron chi connectivity index (χ1n) is 5.63. The summed E-state index contributed by atoms with van der Waals surface area (Å²) in [6, 6.07) is 10.0. The standard InChI is InChI=1S/C13H17NO2/c1-13(8-5-9-15-13)11-14-16-10-12-6-3-2-4-7-12/h2-4,6-7,11H,5,8-10H2,1H3/b14-11+. The van der Waals surface area contributed by atoms with Crippen molar-refractivity contribution in [2.24, 2.45) is 5.16 Å². The molecule has 1 unspecified atom stereocenters. The molecule has 3 heteroatoms. The summed E-state index contributed by atoms with van der Waals surface area (Å²) in [5, 5.41) is 3.97. The molecule has 3 nitrogen and oxygen atoms in total. The highest BCUT2D eigenvalue weighted by Gasteiger charge is 2.27. The minimum absolute atomic E-state index is 0.226. The molecule has 1 aliphatic heterocycles. The highest BCUT2D eigenvalue weighted by molar-refractivity contribution is 5.67. The number of ether oxygens (including phenoxy) is 1. The summed E-state index contributed by atoms with van der Waals surface area (Å²) >= 11 is 0. The largest absolute Gasteiger partial charge is 0.391 e. The fourth-order valence-electron chi connectivity index (χ4n) is 1.74. The Morgan fingerprint density at radius 3 is 2.94 bits per heavy atom. The van der Waals surface area contributed by atoms with Gasteiger partial charge in [-0.1, -0.05) is 35.5 Å². The molecule has 0 aromatic heterocycles.